The van der Waals surface area contributed by atoms with Gasteiger partial charge in [-0.15, -0.1) is 0 Å². The molecule has 0 heterocycles. The van der Waals surface area contributed by atoms with Crippen LogP contribution in [0.1, 0.15) is 69.4 Å². The lowest BCUT2D eigenvalue weighted by Crippen LogP contribution is -2.51. The molecule has 0 aromatic heterocycles. The lowest BCUT2D eigenvalue weighted by atomic mass is 9.78. The molecule has 0 radical (unpaired) electrons. The van der Waals surface area contributed by atoms with Gasteiger partial charge in [-0.25, -0.2) is 4.79 Å². The summed E-state index contributed by atoms with van der Waals surface area (Å²) in [5.41, 5.74) is 1.44. The molecule has 2 aromatic rings. The molecule has 0 saturated heterocycles. The molecule has 33 heavy (non-hydrogen) atoms. The third kappa shape index (κ3) is 4.95. The van der Waals surface area contributed by atoms with E-state index in [2.05, 4.69) is 22.8 Å². The molecular formula is C27H32N2O4. The van der Waals surface area contributed by atoms with Gasteiger partial charge in [0.2, 0.25) is 11.8 Å². The minimum atomic E-state index is -1.26. The molecule has 0 bridgehead atoms. The van der Waals surface area contributed by atoms with E-state index in [0.717, 1.165) is 49.8 Å². The molecule has 3 N–H and O–H groups in total. The van der Waals surface area contributed by atoms with E-state index in [0.29, 0.717) is 5.92 Å². The summed E-state index contributed by atoms with van der Waals surface area (Å²) in [4.78, 5) is 36.7. The Morgan fingerprint density at radius 1 is 0.909 bits per heavy atom. The minimum Gasteiger partial charge on any atom is -0.480 e. The predicted octanol–water partition coefficient (Wildman–Crippen LogP) is 4.61. The maximum absolute atomic E-state index is 12.9. The standard InChI is InChI=1S/C27H32N2O4/c1-26(2,25(32)33)29-23(30)20-10-8-18(9-11-20)19-12-14-22(15-13-19)28-24(31)27(16-17-27)21-6-4-3-5-7-21/h3-7,12-15,18,20H,8-11,16-17H2,1-2H3,(H,28,31)(H,29,30)(H,32,33). The van der Waals surface area contributed by atoms with Gasteiger partial charge >= 0.3 is 5.97 Å². The number of anilines is 1. The fraction of sp³-hybridized carbons (Fsp3) is 0.444. The van der Waals surface area contributed by atoms with E-state index in [1.54, 1.807) is 0 Å². The van der Waals surface area contributed by atoms with Gasteiger partial charge in [0.1, 0.15) is 5.54 Å². The Hall–Kier alpha value is -3.15. The van der Waals surface area contributed by atoms with E-state index in [4.69, 9.17) is 0 Å². The number of carbonyl (C=O) groups excluding carboxylic acids is 2. The lowest BCUT2D eigenvalue weighted by Gasteiger charge is -2.30. The molecule has 0 spiro atoms. The zero-order valence-electron chi connectivity index (χ0n) is 19.3. The average molecular weight is 449 g/mol. The van der Waals surface area contributed by atoms with Crippen molar-refractivity contribution in [2.24, 2.45) is 5.92 Å². The van der Waals surface area contributed by atoms with Crippen LogP contribution in [0, 0.1) is 5.92 Å². The largest absolute Gasteiger partial charge is 0.480 e. The van der Waals surface area contributed by atoms with Crippen molar-refractivity contribution in [2.75, 3.05) is 5.32 Å². The van der Waals surface area contributed by atoms with Gasteiger partial charge in [-0.3, -0.25) is 9.59 Å². The summed E-state index contributed by atoms with van der Waals surface area (Å²) in [5, 5.41) is 15.0. The van der Waals surface area contributed by atoms with Crippen LogP contribution in [0.5, 0.6) is 0 Å². The lowest BCUT2D eigenvalue weighted by molar-refractivity contribution is -0.146. The Labute approximate surface area is 194 Å². The number of aliphatic carboxylic acids is 1. The van der Waals surface area contributed by atoms with Gasteiger partial charge in [-0.05, 0) is 81.5 Å². The van der Waals surface area contributed by atoms with Gasteiger partial charge in [-0.1, -0.05) is 42.5 Å². The van der Waals surface area contributed by atoms with Crippen molar-refractivity contribution in [1.82, 2.24) is 5.32 Å². The molecule has 6 nitrogen and oxygen atoms in total. The van der Waals surface area contributed by atoms with E-state index >= 15 is 0 Å². The van der Waals surface area contributed by atoms with Crippen LogP contribution in [0.4, 0.5) is 5.69 Å². The van der Waals surface area contributed by atoms with Crippen molar-refractivity contribution in [2.45, 2.75) is 69.2 Å². The molecule has 0 atom stereocenters. The Bertz CT molecular complexity index is 1020. The molecular weight excluding hydrogens is 416 g/mol. The van der Waals surface area contributed by atoms with Crippen LogP contribution in [-0.2, 0) is 19.8 Å². The van der Waals surface area contributed by atoms with E-state index in [-0.39, 0.29) is 17.7 Å². The fourth-order valence-electron chi connectivity index (χ4n) is 4.77. The van der Waals surface area contributed by atoms with Gasteiger partial charge in [0, 0.05) is 11.6 Å². The maximum Gasteiger partial charge on any atom is 0.328 e. The SMILES string of the molecule is CC(C)(NC(=O)C1CCC(c2ccc(NC(=O)C3(c4ccccc4)CC3)cc2)CC1)C(=O)O. The summed E-state index contributed by atoms with van der Waals surface area (Å²) in [6.45, 7) is 3.01. The van der Waals surface area contributed by atoms with E-state index in [1.807, 2.05) is 42.5 Å². The third-order valence-electron chi connectivity index (χ3n) is 7.22. The smallest absolute Gasteiger partial charge is 0.328 e. The Kier molecular flexibility index (Phi) is 6.28. The number of carboxylic acid groups (broad SMARTS) is 1. The fourth-order valence-corrected chi connectivity index (χ4v) is 4.77. The van der Waals surface area contributed by atoms with Crippen LogP contribution in [0.2, 0.25) is 0 Å². The summed E-state index contributed by atoms with van der Waals surface area (Å²) < 4.78 is 0. The Morgan fingerprint density at radius 3 is 2.06 bits per heavy atom. The number of carboxylic acids is 1. The highest BCUT2D eigenvalue weighted by molar-refractivity contribution is 6.01. The van der Waals surface area contributed by atoms with Crippen molar-refractivity contribution in [1.29, 1.82) is 0 Å². The molecule has 2 aliphatic rings. The van der Waals surface area contributed by atoms with Crippen molar-refractivity contribution >= 4 is 23.5 Å². The number of benzene rings is 2. The molecule has 0 unspecified atom stereocenters. The van der Waals surface area contributed by atoms with Crippen molar-refractivity contribution in [3.05, 3.63) is 65.7 Å². The first kappa shape index (κ1) is 23.0. The molecule has 6 heteroatoms. The van der Waals surface area contributed by atoms with Gasteiger partial charge in [-0.2, -0.15) is 0 Å². The highest BCUT2D eigenvalue weighted by atomic mass is 16.4. The van der Waals surface area contributed by atoms with Crippen LogP contribution >= 0.6 is 0 Å². The summed E-state index contributed by atoms with van der Waals surface area (Å²) in [6, 6.07) is 18.0. The van der Waals surface area contributed by atoms with Gasteiger partial charge < -0.3 is 15.7 Å². The summed E-state index contributed by atoms with van der Waals surface area (Å²) in [7, 11) is 0. The van der Waals surface area contributed by atoms with E-state index in [1.165, 1.54) is 19.4 Å². The monoisotopic (exact) mass is 448 g/mol. The van der Waals surface area contributed by atoms with Crippen LogP contribution in [-0.4, -0.2) is 28.4 Å². The first-order valence-corrected chi connectivity index (χ1v) is 11.7. The zero-order chi connectivity index (χ0) is 23.6. The van der Waals surface area contributed by atoms with Crippen molar-refractivity contribution in [3.8, 4) is 0 Å². The topological polar surface area (TPSA) is 95.5 Å². The number of amides is 2. The highest BCUT2D eigenvalue weighted by Gasteiger charge is 2.51. The first-order valence-electron chi connectivity index (χ1n) is 11.7. The maximum atomic E-state index is 12.9. The molecule has 2 saturated carbocycles. The van der Waals surface area contributed by atoms with Crippen molar-refractivity contribution in [3.63, 3.8) is 0 Å². The molecule has 0 aliphatic heterocycles. The average Bonchev–Trinajstić information content (AvgIpc) is 3.62. The Balaban J connectivity index is 1.31. The molecule has 4 rings (SSSR count). The summed E-state index contributed by atoms with van der Waals surface area (Å²) in [6.07, 6.45) is 5.00. The molecule has 2 fully saturated rings. The predicted molar refractivity (Wildman–Crippen MR) is 127 cm³/mol. The van der Waals surface area contributed by atoms with Gasteiger partial charge in [0.05, 0.1) is 5.41 Å². The first-order chi connectivity index (χ1) is 15.7. The summed E-state index contributed by atoms with van der Waals surface area (Å²) in [5.74, 6) is -0.937. The van der Waals surface area contributed by atoms with Crippen LogP contribution in [0.15, 0.2) is 54.6 Å². The summed E-state index contributed by atoms with van der Waals surface area (Å²) >= 11 is 0. The third-order valence-corrected chi connectivity index (χ3v) is 7.22. The number of hydrogen-bond acceptors (Lipinski definition) is 3. The second-order valence-corrected chi connectivity index (χ2v) is 9.99. The quantitative estimate of drug-likeness (QED) is 0.576. The number of nitrogens with one attached hydrogen (secondary N) is 2. The number of carbonyl (C=O) groups is 3. The van der Waals surface area contributed by atoms with Crippen LogP contribution in [0.25, 0.3) is 0 Å². The van der Waals surface area contributed by atoms with E-state index in [9.17, 15) is 19.5 Å². The van der Waals surface area contributed by atoms with E-state index < -0.39 is 16.9 Å². The second kappa shape index (κ2) is 9.00. The molecule has 2 aromatic carbocycles. The Morgan fingerprint density at radius 2 is 1.52 bits per heavy atom. The molecule has 2 aliphatic carbocycles. The molecule has 2 amide bonds. The number of hydrogen-bond donors (Lipinski definition) is 3. The van der Waals surface area contributed by atoms with Crippen LogP contribution in [0.3, 0.4) is 0 Å². The minimum absolute atomic E-state index is 0.0530. The normalized spacial score (nSPS) is 21.6. The molecule has 174 valence electrons. The zero-order valence-corrected chi connectivity index (χ0v) is 19.3. The van der Waals surface area contributed by atoms with Crippen LogP contribution < -0.4 is 10.6 Å². The second-order valence-electron chi connectivity index (χ2n) is 9.99. The highest BCUT2D eigenvalue weighted by Crippen LogP contribution is 2.49. The van der Waals surface area contributed by atoms with Gasteiger partial charge in [0.15, 0.2) is 0 Å². The van der Waals surface area contributed by atoms with Crippen molar-refractivity contribution < 1.29 is 19.5 Å². The van der Waals surface area contributed by atoms with Gasteiger partial charge in [0.25, 0.3) is 0 Å². The number of rotatable bonds is 7.